The van der Waals surface area contributed by atoms with E-state index < -0.39 is 28.1 Å². The van der Waals surface area contributed by atoms with Crippen LogP contribution < -0.4 is 0 Å². The smallest absolute Gasteiger partial charge is 0.347 e. The van der Waals surface area contributed by atoms with Crippen LogP contribution in [-0.4, -0.2) is 43.9 Å². The average molecular weight is 401 g/mol. The van der Waals surface area contributed by atoms with E-state index in [-0.39, 0.29) is 17.1 Å². The van der Waals surface area contributed by atoms with Gasteiger partial charge in [-0.3, -0.25) is 0 Å². The third kappa shape index (κ3) is 3.53. The lowest BCUT2D eigenvalue weighted by Gasteiger charge is -2.28. The fourth-order valence-electron chi connectivity index (χ4n) is 3.37. The summed E-state index contributed by atoms with van der Waals surface area (Å²) in [6.07, 6.45) is 0.0921. The van der Waals surface area contributed by atoms with Gasteiger partial charge in [-0.1, -0.05) is 24.3 Å². The number of rotatable bonds is 4. The number of nitrogens with zero attached hydrogens (tertiary/aromatic N) is 1. The number of hydrogen-bond donors (Lipinski definition) is 0. The van der Waals surface area contributed by atoms with Crippen molar-refractivity contribution in [2.45, 2.75) is 30.4 Å². The lowest BCUT2D eigenvalue weighted by Crippen LogP contribution is -2.35. The average Bonchev–Trinajstić information content (AvgIpc) is 3.12. The Bertz CT molecular complexity index is 1020. The number of carbonyl (C=O) groups is 2. The molecule has 2 heterocycles. The Labute approximate surface area is 162 Å². The summed E-state index contributed by atoms with van der Waals surface area (Å²) in [5.74, 6) is -1.24. The van der Waals surface area contributed by atoms with Gasteiger partial charge in [0, 0.05) is 19.5 Å². The van der Waals surface area contributed by atoms with Crippen molar-refractivity contribution in [3.8, 4) is 0 Å². The summed E-state index contributed by atoms with van der Waals surface area (Å²) in [5.41, 5.74) is 2.35. The maximum absolute atomic E-state index is 12.9. The first kappa shape index (κ1) is 18.6. The van der Waals surface area contributed by atoms with Crippen LogP contribution in [0.15, 0.2) is 53.4 Å². The molecule has 0 radical (unpaired) electrons. The second kappa shape index (κ2) is 7.37. The quantitative estimate of drug-likeness (QED) is 0.727. The molecular formula is C20H19NO6S. The van der Waals surface area contributed by atoms with Crippen LogP contribution >= 0.6 is 0 Å². The molecule has 0 unspecified atom stereocenters. The van der Waals surface area contributed by atoms with Gasteiger partial charge in [-0.15, -0.1) is 0 Å². The number of fused-ring (bicyclic) bond motifs is 1. The third-order valence-corrected chi connectivity index (χ3v) is 6.82. The van der Waals surface area contributed by atoms with Crippen LogP contribution in [0, 0.1) is 0 Å². The van der Waals surface area contributed by atoms with Gasteiger partial charge >= 0.3 is 11.9 Å². The van der Waals surface area contributed by atoms with E-state index in [2.05, 4.69) is 0 Å². The lowest BCUT2D eigenvalue weighted by atomic mass is 10.0. The molecule has 1 fully saturated rings. The molecule has 2 aromatic carbocycles. The number of carbonyl (C=O) groups excluding carboxylic acids is 2. The Kier molecular flexibility index (Phi) is 4.91. The predicted molar refractivity (Wildman–Crippen MR) is 99.0 cm³/mol. The summed E-state index contributed by atoms with van der Waals surface area (Å²) >= 11 is 0. The molecule has 28 heavy (non-hydrogen) atoms. The van der Waals surface area contributed by atoms with Gasteiger partial charge in [-0.2, -0.15) is 4.31 Å². The van der Waals surface area contributed by atoms with Crippen LogP contribution in [-0.2, 0) is 37.3 Å². The molecule has 7 nitrogen and oxygen atoms in total. The molecule has 2 aliphatic heterocycles. The second-order valence-corrected chi connectivity index (χ2v) is 8.67. The lowest BCUT2D eigenvalue weighted by molar-refractivity contribution is -0.145. The van der Waals surface area contributed by atoms with E-state index in [0.717, 1.165) is 11.1 Å². The summed E-state index contributed by atoms with van der Waals surface area (Å²) in [6, 6.07) is 13.4. The Morgan fingerprint density at radius 1 is 1.07 bits per heavy atom. The van der Waals surface area contributed by atoms with Gasteiger partial charge in [-0.25, -0.2) is 18.0 Å². The molecule has 0 spiro atoms. The minimum atomic E-state index is -3.67. The largest absolute Gasteiger partial charge is 0.463 e. The van der Waals surface area contributed by atoms with Crippen LogP contribution in [0.4, 0.5) is 0 Å². The number of ether oxygens (including phenoxy) is 2. The molecule has 0 N–H and O–H groups in total. The molecule has 0 amide bonds. The molecule has 1 saturated heterocycles. The molecule has 8 heteroatoms. The van der Waals surface area contributed by atoms with Crippen molar-refractivity contribution >= 4 is 22.0 Å². The highest BCUT2D eigenvalue weighted by Crippen LogP contribution is 2.25. The van der Waals surface area contributed by atoms with Crippen LogP contribution in [0.1, 0.15) is 27.9 Å². The van der Waals surface area contributed by atoms with Gasteiger partial charge in [-0.05, 0) is 41.8 Å². The fraction of sp³-hybridized carbons (Fsp3) is 0.300. The SMILES string of the molecule is O=C(O[C@@H]1CCOC1=O)c1ccc(S(=O)(=O)N2CCc3ccccc3C2)cc1. The standard InChI is InChI=1S/C20H19NO6S/c22-19(27-18-10-12-26-20(18)23)15-5-7-17(8-6-15)28(24,25)21-11-9-14-3-1-2-4-16(14)13-21/h1-8,18H,9-13H2/t18-/m1/s1. The van der Waals surface area contributed by atoms with Crippen LogP contribution in [0.2, 0.25) is 0 Å². The maximum atomic E-state index is 12.9. The molecule has 0 bridgehead atoms. The molecule has 2 aromatic rings. The van der Waals surface area contributed by atoms with Gasteiger partial charge in [0.25, 0.3) is 0 Å². The minimum absolute atomic E-state index is 0.115. The van der Waals surface area contributed by atoms with E-state index in [1.165, 1.54) is 28.6 Å². The van der Waals surface area contributed by atoms with Crippen molar-refractivity contribution in [2.24, 2.45) is 0 Å². The molecule has 0 saturated carbocycles. The van der Waals surface area contributed by atoms with E-state index in [1.807, 2.05) is 24.3 Å². The van der Waals surface area contributed by atoms with E-state index in [9.17, 15) is 18.0 Å². The zero-order valence-electron chi connectivity index (χ0n) is 15.0. The third-order valence-electron chi connectivity index (χ3n) is 4.96. The van der Waals surface area contributed by atoms with E-state index >= 15 is 0 Å². The Morgan fingerprint density at radius 2 is 1.79 bits per heavy atom. The number of sulfonamides is 1. The van der Waals surface area contributed by atoms with Crippen LogP contribution in [0.25, 0.3) is 0 Å². The summed E-state index contributed by atoms with van der Waals surface area (Å²) in [5, 5.41) is 0. The molecule has 1 atom stereocenters. The van der Waals surface area contributed by atoms with Crippen molar-refractivity contribution < 1.29 is 27.5 Å². The van der Waals surface area contributed by atoms with Gasteiger partial charge < -0.3 is 9.47 Å². The molecule has 4 rings (SSSR count). The number of esters is 2. The topological polar surface area (TPSA) is 90.0 Å². The highest BCUT2D eigenvalue weighted by molar-refractivity contribution is 7.89. The van der Waals surface area contributed by atoms with E-state index in [0.29, 0.717) is 25.9 Å². The predicted octanol–water partition coefficient (Wildman–Crippen LogP) is 1.91. The highest BCUT2D eigenvalue weighted by atomic mass is 32.2. The van der Waals surface area contributed by atoms with Crippen molar-refractivity contribution in [3.63, 3.8) is 0 Å². The molecular weight excluding hydrogens is 382 g/mol. The van der Waals surface area contributed by atoms with Crippen LogP contribution in [0.5, 0.6) is 0 Å². The Balaban J connectivity index is 1.48. The van der Waals surface area contributed by atoms with Gasteiger partial charge in [0.15, 0.2) is 0 Å². The zero-order valence-corrected chi connectivity index (χ0v) is 15.9. The number of benzene rings is 2. The summed E-state index contributed by atoms with van der Waals surface area (Å²) in [7, 11) is -3.67. The monoisotopic (exact) mass is 401 g/mol. The van der Waals surface area contributed by atoms with E-state index in [4.69, 9.17) is 9.47 Å². The zero-order chi connectivity index (χ0) is 19.7. The highest BCUT2D eigenvalue weighted by Gasteiger charge is 2.31. The number of hydrogen-bond acceptors (Lipinski definition) is 6. The summed E-state index contributed by atoms with van der Waals surface area (Å²) < 4.78 is 37.2. The first-order valence-electron chi connectivity index (χ1n) is 9.00. The molecule has 146 valence electrons. The van der Waals surface area contributed by atoms with Gasteiger partial charge in [0.1, 0.15) is 0 Å². The van der Waals surface area contributed by atoms with Crippen molar-refractivity contribution in [3.05, 3.63) is 65.2 Å². The Morgan fingerprint density at radius 3 is 2.46 bits per heavy atom. The number of cyclic esters (lactones) is 1. The summed E-state index contributed by atoms with van der Waals surface area (Å²) in [4.78, 5) is 23.7. The molecule has 0 aromatic heterocycles. The fourth-order valence-corrected chi connectivity index (χ4v) is 4.79. The van der Waals surface area contributed by atoms with Crippen LogP contribution in [0.3, 0.4) is 0 Å². The normalized spacial score (nSPS) is 19.7. The summed E-state index contributed by atoms with van der Waals surface area (Å²) in [6.45, 7) is 0.964. The second-order valence-electron chi connectivity index (χ2n) is 6.73. The van der Waals surface area contributed by atoms with Gasteiger partial charge in [0.05, 0.1) is 17.1 Å². The first-order chi connectivity index (χ1) is 13.4. The Hall–Kier alpha value is -2.71. The van der Waals surface area contributed by atoms with E-state index in [1.54, 1.807) is 0 Å². The van der Waals surface area contributed by atoms with Gasteiger partial charge in [0.2, 0.25) is 16.1 Å². The minimum Gasteiger partial charge on any atom is -0.463 e. The first-order valence-corrected chi connectivity index (χ1v) is 10.4. The molecule has 2 aliphatic rings. The van der Waals surface area contributed by atoms with Crippen molar-refractivity contribution in [1.29, 1.82) is 0 Å². The van der Waals surface area contributed by atoms with Crippen molar-refractivity contribution in [2.75, 3.05) is 13.2 Å². The van der Waals surface area contributed by atoms with Crippen molar-refractivity contribution in [1.82, 2.24) is 4.31 Å². The maximum Gasteiger partial charge on any atom is 0.347 e. The molecule has 0 aliphatic carbocycles.